The largest absolute Gasteiger partial charge is 0.394 e. The summed E-state index contributed by atoms with van der Waals surface area (Å²) in [6.45, 7) is 4.44. The zero-order valence-electron chi connectivity index (χ0n) is 17.1. The maximum absolute atomic E-state index is 12.8. The van der Waals surface area contributed by atoms with Crippen LogP contribution in [0.3, 0.4) is 0 Å². The van der Waals surface area contributed by atoms with Crippen LogP contribution in [0.2, 0.25) is 10.0 Å². The molecule has 0 unspecified atom stereocenters. The van der Waals surface area contributed by atoms with Gasteiger partial charge in [0, 0.05) is 25.7 Å². The van der Waals surface area contributed by atoms with E-state index >= 15 is 0 Å². The van der Waals surface area contributed by atoms with Crippen LogP contribution >= 0.6 is 23.2 Å². The highest BCUT2D eigenvalue weighted by Crippen LogP contribution is 2.23. The first kappa shape index (κ1) is 23.1. The Morgan fingerprint density at radius 1 is 1.07 bits per heavy atom. The topological polar surface area (TPSA) is 64.1 Å². The molecule has 2 fully saturated rings. The molecule has 0 radical (unpaired) electrons. The van der Waals surface area contributed by atoms with Crippen molar-refractivity contribution in [2.45, 2.75) is 31.7 Å². The number of piperidine rings is 1. The molecule has 1 aromatic carbocycles. The van der Waals surface area contributed by atoms with E-state index in [1.165, 1.54) is 30.2 Å². The number of carbonyl (C=O) groups is 2. The minimum atomic E-state index is -0.834. The quantitative estimate of drug-likeness (QED) is 0.644. The van der Waals surface area contributed by atoms with Gasteiger partial charge in [0.15, 0.2) is 0 Å². The van der Waals surface area contributed by atoms with Crippen molar-refractivity contribution in [2.24, 2.45) is 0 Å². The van der Waals surface area contributed by atoms with Crippen molar-refractivity contribution in [1.82, 2.24) is 14.7 Å². The number of carbonyl (C=O) groups excluding carboxylic acids is 2. The molecule has 6 nitrogen and oxygen atoms in total. The Labute approximate surface area is 188 Å². The third-order valence-corrected chi connectivity index (χ3v) is 6.49. The van der Waals surface area contributed by atoms with Crippen LogP contribution in [-0.4, -0.2) is 83.5 Å². The van der Waals surface area contributed by atoms with Gasteiger partial charge in [0.1, 0.15) is 6.04 Å². The molecule has 0 aliphatic carbocycles. The number of amides is 2. The van der Waals surface area contributed by atoms with Gasteiger partial charge in [-0.05, 0) is 62.7 Å². The molecule has 8 heteroatoms. The van der Waals surface area contributed by atoms with Crippen LogP contribution in [0.15, 0.2) is 24.3 Å². The number of aliphatic hydroxyl groups excluding tert-OH is 1. The van der Waals surface area contributed by atoms with Crippen molar-refractivity contribution in [2.75, 3.05) is 45.9 Å². The van der Waals surface area contributed by atoms with Crippen LogP contribution in [0.1, 0.15) is 31.2 Å². The van der Waals surface area contributed by atoms with Crippen molar-refractivity contribution < 1.29 is 14.7 Å². The van der Waals surface area contributed by atoms with Gasteiger partial charge in [0.25, 0.3) is 0 Å². The van der Waals surface area contributed by atoms with E-state index in [9.17, 15) is 14.7 Å². The van der Waals surface area contributed by atoms with Gasteiger partial charge in [-0.15, -0.1) is 0 Å². The molecule has 2 heterocycles. The number of aliphatic hydroxyl groups is 1. The fourth-order valence-corrected chi connectivity index (χ4v) is 4.35. The summed E-state index contributed by atoms with van der Waals surface area (Å²) in [6.07, 6.45) is 7.76. The molecular formula is C22H29Cl2N3O3. The Balaban J connectivity index is 1.54. The lowest BCUT2D eigenvalue weighted by molar-refractivity contribution is -0.151. The Kier molecular flexibility index (Phi) is 8.57. The smallest absolute Gasteiger partial charge is 0.247 e. The molecule has 1 atom stereocenters. The standard InChI is InChI=1S/C22H29Cl2N3O3/c23-18-7-5-17(15-19(18)24)6-8-21(29)27-14-13-26(22(30)20(27)16-28)12-4-11-25-9-2-1-3-10-25/h5-8,15,20,28H,1-4,9-14,16H2/b8-6+/t20-/m1/s1. The average molecular weight is 454 g/mol. The first-order chi connectivity index (χ1) is 14.5. The highest BCUT2D eigenvalue weighted by Gasteiger charge is 2.36. The molecular weight excluding hydrogens is 425 g/mol. The number of nitrogens with zero attached hydrogens (tertiary/aromatic N) is 3. The molecule has 1 aromatic rings. The number of hydrogen-bond acceptors (Lipinski definition) is 4. The number of likely N-dealkylation sites (tertiary alicyclic amines) is 1. The van der Waals surface area contributed by atoms with Gasteiger partial charge in [-0.2, -0.15) is 0 Å². The van der Waals surface area contributed by atoms with E-state index in [4.69, 9.17) is 23.2 Å². The molecule has 164 valence electrons. The van der Waals surface area contributed by atoms with Crippen LogP contribution in [0.5, 0.6) is 0 Å². The molecule has 0 bridgehead atoms. The summed E-state index contributed by atoms with van der Waals surface area (Å²) >= 11 is 11.9. The van der Waals surface area contributed by atoms with E-state index in [0.29, 0.717) is 29.7 Å². The molecule has 2 aliphatic rings. The Morgan fingerprint density at radius 2 is 1.83 bits per heavy atom. The zero-order valence-corrected chi connectivity index (χ0v) is 18.6. The first-order valence-electron chi connectivity index (χ1n) is 10.6. The lowest BCUT2D eigenvalue weighted by atomic mass is 10.1. The number of rotatable bonds is 7. The van der Waals surface area contributed by atoms with Crippen molar-refractivity contribution >= 4 is 41.1 Å². The molecule has 0 aromatic heterocycles. The predicted molar refractivity (Wildman–Crippen MR) is 120 cm³/mol. The second-order valence-corrected chi connectivity index (χ2v) is 8.63. The number of halogens is 2. The third-order valence-electron chi connectivity index (χ3n) is 5.75. The highest BCUT2D eigenvalue weighted by molar-refractivity contribution is 6.42. The summed E-state index contributed by atoms with van der Waals surface area (Å²) < 4.78 is 0. The minimum Gasteiger partial charge on any atom is -0.394 e. The summed E-state index contributed by atoms with van der Waals surface area (Å²) in [5.41, 5.74) is 0.737. The fourth-order valence-electron chi connectivity index (χ4n) is 4.05. The van der Waals surface area contributed by atoms with E-state index in [1.807, 2.05) is 0 Å². The van der Waals surface area contributed by atoms with Gasteiger partial charge >= 0.3 is 0 Å². The Bertz CT molecular complexity index is 781. The van der Waals surface area contributed by atoms with Gasteiger partial charge < -0.3 is 19.8 Å². The van der Waals surface area contributed by atoms with Crippen molar-refractivity contribution in [1.29, 1.82) is 0 Å². The van der Waals surface area contributed by atoms with Crippen LogP contribution < -0.4 is 0 Å². The van der Waals surface area contributed by atoms with E-state index in [0.717, 1.165) is 31.6 Å². The van der Waals surface area contributed by atoms with E-state index in [2.05, 4.69) is 4.90 Å². The molecule has 3 rings (SSSR count). The first-order valence-corrected chi connectivity index (χ1v) is 11.3. The lowest BCUT2D eigenvalue weighted by Crippen LogP contribution is -2.60. The zero-order chi connectivity index (χ0) is 21.5. The van der Waals surface area contributed by atoms with Gasteiger partial charge in [0.2, 0.25) is 11.8 Å². The summed E-state index contributed by atoms with van der Waals surface area (Å²) in [7, 11) is 0. The maximum Gasteiger partial charge on any atom is 0.247 e. The minimum absolute atomic E-state index is 0.182. The summed E-state index contributed by atoms with van der Waals surface area (Å²) in [5, 5.41) is 10.6. The van der Waals surface area contributed by atoms with Crippen LogP contribution in [0.4, 0.5) is 0 Å². The second kappa shape index (κ2) is 11.1. The Morgan fingerprint density at radius 3 is 2.53 bits per heavy atom. The van der Waals surface area contributed by atoms with Crippen LogP contribution in [0, 0.1) is 0 Å². The molecule has 1 N–H and O–H groups in total. The van der Waals surface area contributed by atoms with Gasteiger partial charge in [0.05, 0.1) is 16.7 Å². The van der Waals surface area contributed by atoms with E-state index in [1.54, 1.807) is 29.2 Å². The molecule has 2 saturated heterocycles. The normalized spacial score (nSPS) is 20.9. The summed E-state index contributed by atoms with van der Waals surface area (Å²) in [5.74, 6) is -0.486. The molecule has 0 saturated carbocycles. The van der Waals surface area contributed by atoms with Gasteiger partial charge in [-0.25, -0.2) is 0 Å². The molecule has 2 aliphatic heterocycles. The van der Waals surface area contributed by atoms with Gasteiger partial charge in [-0.1, -0.05) is 35.7 Å². The number of hydrogen-bond donors (Lipinski definition) is 1. The fraction of sp³-hybridized carbons (Fsp3) is 0.545. The van der Waals surface area contributed by atoms with Crippen LogP contribution in [-0.2, 0) is 9.59 Å². The van der Waals surface area contributed by atoms with Crippen molar-refractivity contribution in [3.8, 4) is 0 Å². The SMILES string of the molecule is O=C1[C@@H](CO)N(C(=O)/C=C/c2ccc(Cl)c(Cl)c2)CCN1CCCN1CCCCC1. The number of piperazine rings is 1. The van der Waals surface area contributed by atoms with E-state index < -0.39 is 6.04 Å². The summed E-state index contributed by atoms with van der Waals surface area (Å²) in [4.78, 5) is 31.1. The second-order valence-electron chi connectivity index (χ2n) is 7.82. The predicted octanol–water partition coefficient (Wildman–Crippen LogP) is 2.91. The lowest BCUT2D eigenvalue weighted by Gasteiger charge is -2.39. The van der Waals surface area contributed by atoms with Crippen molar-refractivity contribution in [3.63, 3.8) is 0 Å². The highest BCUT2D eigenvalue weighted by atomic mass is 35.5. The molecule has 0 spiro atoms. The summed E-state index contributed by atoms with van der Waals surface area (Å²) in [6, 6.07) is 4.26. The molecule has 2 amide bonds. The third kappa shape index (κ3) is 5.97. The van der Waals surface area contributed by atoms with E-state index in [-0.39, 0.29) is 18.4 Å². The monoisotopic (exact) mass is 453 g/mol. The molecule has 30 heavy (non-hydrogen) atoms. The van der Waals surface area contributed by atoms with Crippen molar-refractivity contribution in [3.05, 3.63) is 39.9 Å². The number of benzene rings is 1. The van der Waals surface area contributed by atoms with Crippen LogP contribution in [0.25, 0.3) is 6.08 Å². The van der Waals surface area contributed by atoms with Gasteiger partial charge in [-0.3, -0.25) is 9.59 Å². The Hall–Kier alpha value is -1.60. The average Bonchev–Trinajstić information content (AvgIpc) is 2.76. The maximum atomic E-state index is 12.8.